The van der Waals surface area contributed by atoms with Crippen molar-refractivity contribution in [1.29, 1.82) is 0 Å². The molecule has 3 aromatic rings. The van der Waals surface area contributed by atoms with Crippen LogP contribution in [0.3, 0.4) is 0 Å². The molecule has 1 N–H and O–H groups in total. The van der Waals surface area contributed by atoms with E-state index in [4.69, 9.17) is 11.6 Å². The molecular weight excluding hydrogens is 327 g/mol. The van der Waals surface area contributed by atoms with Crippen molar-refractivity contribution in [2.24, 2.45) is 0 Å². The van der Waals surface area contributed by atoms with Gasteiger partial charge in [0.1, 0.15) is 11.6 Å². The van der Waals surface area contributed by atoms with E-state index in [1.165, 1.54) is 12.1 Å². The van der Waals surface area contributed by atoms with Crippen molar-refractivity contribution in [2.75, 3.05) is 5.32 Å². The molecule has 1 aromatic heterocycles. The number of benzene rings is 2. The Bertz CT molecular complexity index is 848. The maximum Gasteiger partial charge on any atom is 0.229 e. The fourth-order valence-electron chi connectivity index (χ4n) is 2.28. The molecule has 0 aliphatic rings. The van der Waals surface area contributed by atoms with Crippen LogP contribution in [0.2, 0.25) is 5.02 Å². The van der Waals surface area contributed by atoms with Gasteiger partial charge in [-0.1, -0.05) is 35.9 Å². The van der Waals surface area contributed by atoms with Crippen molar-refractivity contribution < 1.29 is 9.18 Å². The number of hydrogen-bond donors (Lipinski definition) is 1. The van der Waals surface area contributed by atoms with Gasteiger partial charge in [0.05, 0.1) is 6.42 Å². The number of carbonyl (C=O) groups is 1. The summed E-state index contributed by atoms with van der Waals surface area (Å²) in [5, 5.41) is 3.37. The first-order valence-electron chi connectivity index (χ1n) is 7.36. The van der Waals surface area contributed by atoms with Crippen LogP contribution in [0, 0.1) is 5.82 Å². The summed E-state index contributed by atoms with van der Waals surface area (Å²) in [7, 11) is 0. The van der Waals surface area contributed by atoms with Crippen molar-refractivity contribution in [3.8, 4) is 11.1 Å². The van der Waals surface area contributed by atoms with Gasteiger partial charge >= 0.3 is 0 Å². The van der Waals surface area contributed by atoms with Gasteiger partial charge in [0.2, 0.25) is 5.91 Å². The van der Waals surface area contributed by atoms with Crippen molar-refractivity contribution in [3.05, 3.63) is 83.3 Å². The topological polar surface area (TPSA) is 42.0 Å². The molecular formula is C19H14ClFN2O. The Morgan fingerprint density at radius 2 is 1.83 bits per heavy atom. The van der Waals surface area contributed by atoms with Crippen molar-refractivity contribution >= 4 is 23.3 Å². The summed E-state index contributed by atoms with van der Waals surface area (Å²) in [5.74, 6) is -0.00899. The SMILES string of the molecule is O=C(Cc1ccc(Cl)cc1)Nc1ccc(-c2cccc(F)c2)cn1. The Morgan fingerprint density at radius 3 is 2.50 bits per heavy atom. The van der Waals surface area contributed by atoms with Gasteiger partial charge in [0.25, 0.3) is 0 Å². The maximum absolute atomic E-state index is 13.3. The summed E-state index contributed by atoms with van der Waals surface area (Å²) in [6.45, 7) is 0. The number of anilines is 1. The smallest absolute Gasteiger partial charge is 0.229 e. The molecule has 0 fully saturated rings. The standard InChI is InChI=1S/C19H14ClFN2O/c20-16-7-4-13(5-8-16)10-19(24)23-18-9-6-15(12-22-18)14-2-1-3-17(21)11-14/h1-9,11-12H,10H2,(H,22,23,24). The highest BCUT2D eigenvalue weighted by Gasteiger charge is 2.06. The number of amides is 1. The number of aromatic nitrogens is 1. The zero-order valence-corrected chi connectivity index (χ0v) is 13.4. The van der Waals surface area contributed by atoms with E-state index >= 15 is 0 Å². The number of hydrogen-bond acceptors (Lipinski definition) is 2. The Balaban J connectivity index is 1.65. The molecule has 0 unspecified atom stereocenters. The Kier molecular flexibility index (Phi) is 4.87. The normalized spacial score (nSPS) is 10.4. The maximum atomic E-state index is 13.3. The number of halogens is 2. The lowest BCUT2D eigenvalue weighted by Crippen LogP contribution is -2.15. The van der Waals surface area contributed by atoms with Crippen LogP contribution in [0.4, 0.5) is 10.2 Å². The summed E-state index contributed by atoms with van der Waals surface area (Å²) >= 11 is 5.82. The molecule has 0 radical (unpaired) electrons. The summed E-state index contributed by atoms with van der Waals surface area (Å²) < 4.78 is 13.3. The summed E-state index contributed by atoms with van der Waals surface area (Å²) in [5.41, 5.74) is 2.39. The summed E-state index contributed by atoms with van der Waals surface area (Å²) in [6, 6.07) is 16.9. The second-order valence-corrected chi connectivity index (χ2v) is 5.73. The minimum absolute atomic E-state index is 0.164. The van der Waals surface area contributed by atoms with Crippen LogP contribution < -0.4 is 5.32 Å². The average Bonchev–Trinajstić information content (AvgIpc) is 2.58. The molecule has 0 atom stereocenters. The molecule has 0 aliphatic heterocycles. The average molecular weight is 341 g/mol. The van der Waals surface area contributed by atoms with E-state index in [0.717, 1.165) is 16.7 Å². The first kappa shape index (κ1) is 16.1. The van der Waals surface area contributed by atoms with E-state index in [0.29, 0.717) is 10.8 Å². The second-order valence-electron chi connectivity index (χ2n) is 5.29. The first-order valence-corrected chi connectivity index (χ1v) is 7.74. The zero-order chi connectivity index (χ0) is 16.9. The number of rotatable bonds is 4. The fourth-order valence-corrected chi connectivity index (χ4v) is 2.41. The van der Waals surface area contributed by atoms with E-state index in [1.54, 1.807) is 42.6 Å². The lowest BCUT2D eigenvalue weighted by atomic mass is 10.1. The Labute approximate surface area is 144 Å². The van der Waals surface area contributed by atoms with Crippen LogP contribution >= 0.6 is 11.6 Å². The predicted molar refractivity (Wildman–Crippen MR) is 93.4 cm³/mol. The number of pyridine rings is 1. The predicted octanol–water partition coefficient (Wildman–Crippen LogP) is 4.72. The highest BCUT2D eigenvalue weighted by molar-refractivity contribution is 6.30. The Morgan fingerprint density at radius 1 is 1.04 bits per heavy atom. The quantitative estimate of drug-likeness (QED) is 0.746. The lowest BCUT2D eigenvalue weighted by molar-refractivity contribution is -0.115. The number of nitrogens with one attached hydrogen (secondary N) is 1. The van der Waals surface area contributed by atoms with E-state index in [-0.39, 0.29) is 18.1 Å². The van der Waals surface area contributed by atoms with Gasteiger partial charge in [-0.3, -0.25) is 4.79 Å². The van der Waals surface area contributed by atoms with Gasteiger partial charge in [-0.05, 0) is 47.5 Å². The third-order valence-electron chi connectivity index (χ3n) is 3.47. The third-order valence-corrected chi connectivity index (χ3v) is 3.72. The number of nitrogens with zero attached hydrogens (tertiary/aromatic N) is 1. The third kappa shape index (κ3) is 4.18. The minimum atomic E-state index is -0.298. The summed E-state index contributed by atoms with van der Waals surface area (Å²) in [4.78, 5) is 16.2. The van der Waals surface area contributed by atoms with E-state index in [2.05, 4.69) is 10.3 Å². The molecule has 0 saturated carbocycles. The van der Waals surface area contributed by atoms with E-state index < -0.39 is 0 Å². The largest absolute Gasteiger partial charge is 0.310 e. The zero-order valence-electron chi connectivity index (χ0n) is 12.7. The molecule has 0 bridgehead atoms. The molecule has 5 heteroatoms. The van der Waals surface area contributed by atoms with Gasteiger partial charge < -0.3 is 5.32 Å². The lowest BCUT2D eigenvalue weighted by Gasteiger charge is -2.06. The van der Waals surface area contributed by atoms with Crippen LogP contribution in [-0.2, 0) is 11.2 Å². The monoisotopic (exact) mass is 340 g/mol. The molecule has 0 saturated heterocycles. The van der Waals surface area contributed by atoms with Gasteiger partial charge in [-0.25, -0.2) is 9.37 Å². The second kappa shape index (κ2) is 7.23. The van der Waals surface area contributed by atoms with Gasteiger partial charge in [-0.15, -0.1) is 0 Å². The van der Waals surface area contributed by atoms with Crippen molar-refractivity contribution in [3.63, 3.8) is 0 Å². The van der Waals surface area contributed by atoms with E-state index in [9.17, 15) is 9.18 Å². The molecule has 3 rings (SSSR count). The molecule has 1 amide bonds. The highest BCUT2D eigenvalue weighted by atomic mass is 35.5. The molecule has 24 heavy (non-hydrogen) atoms. The van der Waals surface area contributed by atoms with E-state index in [1.807, 2.05) is 12.1 Å². The van der Waals surface area contributed by atoms with Gasteiger partial charge in [0, 0.05) is 16.8 Å². The van der Waals surface area contributed by atoms with Crippen LogP contribution in [0.5, 0.6) is 0 Å². The van der Waals surface area contributed by atoms with Crippen molar-refractivity contribution in [2.45, 2.75) is 6.42 Å². The van der Waals surface area contributed by atoms with Crippen LogP contribution in [0.1, 0.15) is 5.56 Å². The van der Waals surface area contributed by atoms with Crippen LogP contribution in [-0.4, -0.2) is 10.9 Å². The molecule has 0 spiro atoms. The van der Waals surface area contributed by atoms with Crippen LogP contribution in [0.25, 0.3) is 11.1 Å². The molecule has 0 aliphatic carbocycles. The first-order chi connectivity index (χ1) is 11.6. The minimum Gasteiger partial charge on any atom is -0.310 e. The summed E-state index contributed by atoms with van der Waals surface area (Å²) in [6.07, 6.45) is 1.84. The highest BCUT2D eigenvalue weighted by Crippen LogP contribution is 2.20. The molecule has 1 heterocycles. The van der Waals surface area contributed by atoms with Crippen molar-refractivity contribution in [1.82, 2.24) is 4.98 Å². The fraction of sp³-hybridized carbons (Fsp3) is 0.0526. The molecule has 3 nitrogen and oxygen atoms in total. The Hall–Kier alpha value is -2.72. The van der Waals surface area contributed by atoms with Crippen LogP contribution in [0.15, 0.2) is 66.9 Å². The molecule has 120 valence electrons. The number of carbonyl (C=O) groups excluding carboxylic acids is 1. The van der Waals surface area contributed by atoms with Gasteiger partial charge in [0.15, 0.2) is 0 Å². The molecule has 2 aromatic carbocycles. The van der Waals surface area contributed by atoms with Gasteiger partial charge in [-0.2, -0.15) is 0 Å².